The lowest BCUT2D eigenvalue weighted by Crippen LogP contribution is -2.64. The van der Waals surface area contributed by atoms with Gasteiger partial charge in [-0.05, 0) is 69.4 Å². The second kappa shape index (κ2) is 19.8. The Morgan fingerprint density at radius 2 is 1.18 bits per heavy atom. The van der Waals surface area contributed by atoms with Crippen LogP contribution in [0.15, 0.2) is 30.5 Å². The number of carbonyl (C=O) groups excluding carboxylic acids is 6. The molecule has 0 bridgehead atoms. The highest BCUT2D eigenvalue weighted by Crippen LogP contribution is 2.22. The van der Waals surface area contributed by atoms with Crippen molar-refractivity contribution in [1.82, 2.24) is 42.2 Å². The minimum atomic E-state index is -1.15. The van der Waals surface area contributed by atoms with Gasteiger partial charge in [0.2, 0.25) is 35.4 Å². The Kier molecular flexibility index (Phi) is 16.4. The number of rotatable bonds is 8. The molecule has 2 aromatic rings. The number of carbonyl (C=O) groups is 6. The summed E-state index contributed by atoms with van der Waals surface area (Å²) in [5, 5.41) is 21.5. The predicted molar refractivity (Wildman–Crippen MR) is 223 cm³/mol. The molecular formula is C41H66N8O6S. The van der Waals surface area contributed by atoms with Crippen molar-refractivity contribution >= 4 is 59.0 Å². The first-order chi connectivity index (χ1) is 26.0. The molecule has 3 unspecified atom stereocenters. The molecular weight excluding hydrogens is 733 g/mol. The predicted octanol–water partition coefficient (Wildman–Crippen LogP) is 2.72. The van der Waals surface area contributed by atoms with Gasteiger partial charge in [0.25, 0.3) is 0 Å². The van der Waals surface area contributed by atoms with E-state index in [-0.39, 0.29) is 36.5 Å². The number of H-pyrrole nitrogens is 1. The number of fused-ring (bicyclic) bond motifs is 1. The molecule has 0 spiro atoms. The zero-order chi connectivity index (χ0) is 42.2. The van der Waals surface area contributed by atoms with Crippen LogP contribution in [0.1, 0.15) is 95.1 Å². The van der Waals surface area contributed by atoms with Gasteiger partial charge in [-0.25, -0.2) is 0 Å². The highest BCUT2D eigenvalue weighted by molar-refractivity contribution is 7.81. The molecule has 1 aliphatic rings. The highest BCUT2D eigenvalue weighted by Gasteiger charge is 2.39. The van der Waals surface area contributed by atoms with E-state index in [9.17, 15) is 28.8 Å². The Bertz CT molecular complexity index is 1700. The Morgan fingerprint density at radius 1 is 0.643 bits per heavy atom. The molecule has 312 valence electrons. The van der Waals surface area contributed by atoms with Crippen molar-refractivity contribution in [2.24, 2.45) is 23.7 Å². The van der Waals surface area contributed by atoms with Gasteiger partial charge >= 0.3 is 0 Å². The molecule has 0 saturated carbocycles. The van der Waals surface area contributed by atoms with Crippen molar-refractivity contribution in [3.05, 3.63) is 36.0 Å². The Morgan fingerprint density at radius 3 is 1.73 bits per heavy atom. The topological polar surface area (TPSA) is 202 Å². The molecule has 56 heavy (non-hydrogen) atoms. The smallest absolute Gasteiger partial charge is 0.243 e. The number of benzene rings is 1. The molecule has 2 heterocycles. The number of hydrogen-bond donors (Lipinski definition) is 9. The monoisotopic (exact) mass is 798 g/mol. The maximum Gasteiger partial charge on any atom is 0.243 e. The molecule has 3 rings (SSSR count). The highest BCUT2D eigenvalue weighted by atomic mass is 32.1. The summed E-state index contributed by atoms with van der Waals surface area (Å²) in [6, 6.07) is 0.452. The van der Waals surface area contributed by atoms with E-state index in [2.05, 4.69) is 42.2 Å². The van der Waals surface area contributed by atoms with Crippen LogP contribution >= 0.6 is 12.6 Å². The zero-order valence-corrected chi connectivity index (χ0v) is 36.0. The zero-order valence-electron chi connectivity index (χ0n) is 35.1. The van der Waals surface area contributed by atoms with E-state index in [1.165, 1.54) is 6.92 Å². The average molecular weight is 799 g/mol. The van der Waals surface area contributed by atoms with E-state index >= 15 is 0 Å². The summed E-state index contributed by atoms with van der Waals surface area (Å²) in [4.78, 5) is 87.1. The molecule has 15 heteroatoms. The van der Waals surface area contributed by atoms with Gasteiger partial charge in [-0.1, -0.05) is 73.6 Å². The van der Waals surface area contributed by atoms with Crippen LogP contribution in [0, 0.1) is 23.7 Å². The van der Waals surface area contributed by atoms with Gasteiger partial charge in [-0.15, -0.1) is 0 Å². The number of aromatic nitrogens is 1. The molecule has 1 aromatic heterocycles. The number of para-hydroxylation sites is 1. The second-order valence-corrected chi connectivity index (χ2v) is 18.5. The lowest BCUT2D eigenvalue weighted by molar-refractivity contribution is -0.136. The number of amides is 6. The summed E-state index contributed by atoms with van der Waals surface area (Å²) >= 11 is 4.74. The van der Waals surface area contributed by atoms with Gasteiger partial charge in [-0.3, -0.25) is 28.8 Å². The fourth-order valence-corrected chi connectivity index (χ4v) is 7.21. The molecule has 8 atom stereocenters. The lowest BCUT2D eigenvalue weighted by atomic mass is 9.93. The van der Waals surface area contributed by atoms with Gasteiger partial charge in [0.05, 0.1) is 0 Å². The summed E-state index contributed by atoms with van der Waals surface area (Å²) in [5.74, 6) is -4.07. The summed E-state index contributed by atoms with van der Waals surface area (Å²) in [5.41, 5.74) is 1.62. The third-order valence-corrected chi connectivity index (χ3v) is 10.5. The first-order valence-corrected chi connectivity index (χ1v) is 20.3. The van der Waals surface area contributed by atoms with Crippen molar-refractivity contribution in [2.75, 3.05) is 0 Å². The summed E-state index contributed by atoms with van der Waals surface area (Å²) in [7, 11) is 0. The van der Waals surface area contributed by atoms with Crippen LogP contribution in [-0.2, 0) is 35.2 Å². The quantitative estimate of drug-likeness (QED) is 0.183. The van der Waals surface area contributed by atoms with Crippen molar-refractivity contribution < 1.29 is 28.8 Å². The van der Waals surface area contributed by atoms with Crippen LogP contribution < -0.4 is 37.2 Å². The van der Waals surface area contributed by atoms with Gasteiger partial charge < -0.3 is 42.2 Å². The number of hydrogen-bond acceptors (Lipinski definition) is 8. The fraction of sp³-hybridized carbons (Fsp3) is 0.659. The molecule has 14 nitrogen and oxygen atoms in total. The molecule has 1 aliphatic heterocycles. The second-order valence-electron chi connectivity index (χ2n) is 17.3. The number of aromatic amines is 1. The average Bonchev–Trinajstić information content (AvgIpc) is 3.50. The molecule has 1 aromatic carbocycles. The first-order valence-electron chi connectivity index (χ1n) is 19.9. The van der Waals surface area contributed by atoms with Crippen LogP contribution in [0.2, 0.25) is 0 Å². The van der Waals surface area contributed by atoms with Crippen LogP contribution in [0.3, 0.4) is 0 Å². The van der Waals surface area contributed by atoms with E-state index in [1.807, 2.05) is 72.7 Å². The summed E-state index contributed by atoms with van der Waals surface area (Å²) in [6.07, 6.45) is 2.10. The Labute approximate surface area is 337 Å². The van der Waals surface area contributed by atoms with Gasteiger partial charge in [-0.2, -0.15) is 12.6 Å². The van der Waals surface area contributed by atoms with Crippen LogP contribution in [0.25, 0.3) is 10.9 Å². The van der Waals surface area contributed by atoms with Crippen LogP contribution in [-0.4, -0.2) is 93.5 Å². The molecule has 8 N–H and O–H groups in total. The van der Waals surface area contributed by atoms with E-state index in [1.54, 1.807) is 33.9 Å². The largest absolute Gasteiger partial charge is 0.361 e. The van der Waals surface area contributed by atoms with Crippen molar-refractivity contribution in [1.29, 1.82) is 0 Å². The van der Waals surface area contributed by atoms with E-state index in [4.69, 9.17) is 12.6 Å². The third kappa shape index (κ3) is 12.4. The normalized spacial score (nSPS) is 27.4. The Hall–Kier alpha value is -4.11. The SMILES string of the molecule is CC(C)C[C@H]1NC(=O)[C@H](Cc2c[nH]c3ccccc23)NC(=O)[C@@H](C)NC(=O)[C@H](C(C)(C)S)NC(C)C(C(C)C)NC(=O)C(C(C)C)NC(=O)[C@H](C(C)C)NC1=O. The van der Waals surface area contributed by atoms with Crippen molar-refractivity contribution in [3.8, 4) is 0 Å². The standard InChI is InChI=1S/C41H66N8O6S/c1-20(2)17-29-37(52)48-32(22(5)6)39(54)49-33(23(7)8)38(53)47-31(21(3)4)24(9)43-34(41(11,12)56)40(55)44-25(10)35(50)45-30(36(51)46-29)18-26-19-42-28-16-14-13-15-27(26)28/h13-16,19-25,29-34,42-43,56H,17-18H2,1-12H3,(H,44,55)(H,45,50)(H,46,51)(H,47,53)(H,48,52)(H,49,54)/t24?,25-,29-,30+,31?,32+,33?,34-/m1/s1. The van der Waals surface area contributed by atoms with E-state index in [0.717, 1.165) is 16.5 Å². The molecule has 0 aliphatic carbocycles. The molecule has 1 saturated heterocycles. The van der Waals surface area contributed by atoms with Gasteiger partial charge in [0.15, 0.2) is 0 Å². The summed E-state index contributed by atoms with van der Waals surface area (Å²) < 4.78 is -0.918. The molecule has 0 radical (unpaired) electrons. The fourth-order valence-electron chi connectivity index (χ4n) is 7.02. The van der Waals surface area contributed by atoms with E-state index in [0.29, 0.717) is 0 Å². The number of nitrogens with one attached hydrogen (secondary N) is 8. The maximum atomic E-state index is 14.2. The first kappa shape index (κ1) is 46.3. The minimum Gasteiger partial charge on any atom is -0.361 e. The summed E-state index contributed by atoms with van der Waals surface area (Å²) in [6.45, 7) is 21.9. The lowest BCUT2D eigenvalue weighted by Gasteiger charge is -2.37. The molecule has 1 fully saturated rings. The third-order valence-electron chi connectivity index (χ3n) is 10.3. The van der Waals surface area contributed by atoms with Gasteiger partial charge in [0, 0.05) is 40.4 Å². The minimum absolute atomic E-state index is 0.0355. The van der Waals surface area contributed by atoms with Crippen molar-refractivity contribution in [3.63, 3.8) is 0 Å². The van der Waals surface area contributed by atoms with Crippen molar-refractivity contribution in [2.45, 2.75) is 149 Å². The van der Waals surface area contributed by atoms with E-state index < -0.39 is 88.5 Å². The molecule has 6 amide bonds. The number of thiol groups is 1. The Balaban J connectivity index is 2.13. The maximum absolute atomic E-state index is 14.2. The van der Waals surface area contributed by atoms with Crippen LogP contribution in [0.4, 0.5) is 0 Å². The van der Waals surface area contributed by atoms with Gasteiger partial charge in [0.1, 0.15) is 36.3 Å². The van der Waals surface area contributed by atoms with Crippen LogP contribution in [0.5, 0.6) is 0 Å².